The van der Waals surface area contributed by atoms with Gasteiger partial charge >= 0.3 is 6.18 Å². The van der Waals surface area contributed by atoms with Crippen LogP contribution in [0.5, 0.6) is 0 Å². The highest BCUT2D eigenvalue weighted by atomic mass is 19.4. The zero-order valence-corrected chi connectivity index (χ0v) is 25.1. The van der Waals surface area contributed by atoms with Crippen LogP contribution in [-0.2, 0) is 11.0 Å². The molecule has 0 bridgehead atoms. The van der Waals surface area contributed by atoms with Gasteiger partial charge in [0.05, 0.1) is 24.3 Å². The number of nitrogens with zero attached hydrogens (tertiary/aromatic N) is 6. The SMILES string of the molecule is CC(=C/C(=C/C=C(/c1cnn(-c2cnc(C)nc2)c(=O)c1)N(C)C)[C@@H](C)Nc1ccc(C)nc1C(F)(F)F)/C=C(\C)C=O. The van der Waals surface area contributed by atoms with E-state index >= 15 is 0 Å². The third kappa shape index (κ3) is 8.81. The summed E-state index contributed by atoms with van der Waals surface area (Å²) in [6, 6.07) is 3.68. The second kappa shape index (κ2) is 13.9. The molecule has 0 aliphatic carbocycles. The van der Waals surface area contributed by atoms with E-state index in [1.807, 2.05) is 0 Å². The van der Waals surface area contributed by atoms with Gasteiger partial charge in [-0.3, -0.25) is 9.59 Å². The Hall–Kier alpha value is -4.87. The molecule has 1 N–H and O–H groups in total. The van der Waals surface area contributed by atoms with Crippen molar-refractivity contribution in [1.29, 1.82) is 0 Å². The van der Waals surface area contributed by atoms with Crippen LogP contribution in [0.4, 0.5) is 18.9 Å². The highest BCUT2D eigenvalue weighted by Gasteiger charge is 2.36. The number of carbonyl (C=O) groups excluding carboxylic acids is 1. The smallest absolute Gasteiger partial charge is 0.377 e. The fraction of sp³-hybridized carbons (Fsp3) is 0.290. The van der Waals surface area contributed by atoms with Crippen LogP contribution in [0.25, 0.3) is 11.4 Å². The Balaban J connectivity index is 2.09. The number of anilines is 1. The first-order valence-corrected chi connectivity index (χ1v) is 13.3. The lowest BCUT2D eigenvalue weighted by molar-refractivity contribution is -0.140. The number of hydrogen-bond acceptors (Lipinski definition) is 8. The maximum absolute atomic E-state index is 13.8. The number of aryl methyl sites for hydroxylation is 2. The lowest BCUT2D eigenvalue weighted by Crippen LogP contribution is -2.23. The number of pyridine rings is 1. The van der Waals surface area contributed by atoms with Crippen molar-refractivity contribution < 1.29 is 18.0 Å². The molecule has 0 saturated carbocycles. The van der Waals surface area contributed by atoms with Crippen molar-refractivity contribution in [1.82, 2.24) is 29.6 Å². The van der Waals surface area contributed by atoms with E-state index < -0.39 is 23.5 Å². The minimum atomic E-state index is -4.65. The summed E-state index contributed by atoms with van der Waals surface area (Å²) < 4.78 is 42.5. The molecule has 12 heteroatoms. The molecule has 43 heavy (non-hydrogen) atoms. The Morgan fingerprint density at radius 2 is 1.70 bits per heavy atom. The Labute approximate surface area is 248 Å². The number of allylic oxidation sites excluding steroid dienone is 5. The molecule has 0 fully saturated rings. The first-order valence-electron chi connectivity index (χ1n) is 13.3. The minimum Gasteiger partial charge on any atom is -0.377 e. The first kappa shape index (κ1) is 32.6. The monoisotopic (exact) mass is 593 g/mol. The molecule has 3 aromatic rings. The lowest BCUT2D eigenvalue weighted by Gasteiger charge is -2.21. The van der Waals surface area contributed by atoms with E-state index in [4.69, 9.17) is 0 Å². The third-order valence-electron chi connectivity index (χ3n) is 6.23. The van der Waals surface area contributed by atoms with E-state index in [2.05, 4.69) is 25.4 Å². The van der Waals surface area contributed by atoms with Crippen molar-refractivity contribution in [2.45, 2.75) is 46.8 Å². The van der Waals surface area contributed by atoms with Gasteiger partial charge in [0.25, 0.3) is 5.56 Å². The summed E-state index contributed by atoms with van der Waals surface area (Å²) in [6.07, 6.45) is 7.57. The van der Waals surface area contributed by atoms with Gasteiger partial charge in [0, 0.05) is 43.2 Å². The molecule has 0 aliphatic rings. The molecule has 3 heterocycles. The highest BCUT2D eigenvalue weighted by molar-refractivity contribution is 5.73. The van der Waals surface area contributed by atoms with Gasteiger partial charge < -0.3 is 10.2 Å². The Kier molecular flexibility index (Phi) is 10.5. The number of aldehydes is 1. The van der Waals surface area contributed by atoms with Crippen molar-refractivity contribution in [3.63, 3.8) is 0 Å². The van der Waals surface area contributed by atoms with Crippen LogP contribution in [0.1, 0.15) is 43.5 Å². The van der Waals surface area contributed by atoms with Gasteiger partial charge in [-0.2, -0.15) is 23.0 Å². The Morgan fingerprint density at radius 3 is 2.28 bits per heavy atom. The quantitative estimate of drug-likeness (QED) is 0.187. The van der Waals surface area contributed by atoms with E-state index in [0.717, 1.165) is 6.29 Å². The van der Waals surface area contributed by atoms with Gasteiger partial charge in [0.1, 0.15) is 17.8 Å². The molecule has 1 atom stereocenters. The fourth-order valence-corrected chi connectivity index (χ4v) is 4.14. The predicted octanol–water partition coefficient (Wildman–Crippen LogP) is 5.47. The summed E-state index contributed by atoms with van der Waals surface area (Å²) in [5, 5.41) is 7.23. The number of aromatic nitrogens is 5. The van der Waals surface area contributed by atoms with Crippen LogP contribution in [0.15, 0.2) is 82.6 Å². The molecule has 0 saturated heterocycles. The van der Waals surface area contributed by atoms with E-state index in [-0.39, 0.29) is 11.4 Å². The number of halogens is 3. The number of rotatable bonds is 10. The molecule has 9 nitrogen and oxygen atoms in total. The Morgan fingerprint density at radius 1 is 1.02 bits per heavy atom. The van der Waals surface area contributed by atoms with Crippen molar-refractivity contribution in [3.05, 3.63) is 111 Å². The molecule has 0 aliphatic heterocycles. The van der Waals surface area contributed by atoms with Gasteiger partial charge in [-0.15, -0.1) is 0 Å². The maximum atomic E-state index is 13.8. The molecule has 0 spiro atoms. The lowest BCUT2D eigenvalue weighted by atomic mass is 10.0. The number of carbonyl (C=O) groups is 1. The molecular weight excluding hydrogens is 559 g/mol. The summed E-state index contributed by atoms with van der Waals surface area (Å²) in [6.45, 7) is 8.40. The third-order valence-corrected chi connectivity index (χ3v) is 6.23. The van der Waals surface area contributed by atoms with E-state index in [0.29, 0.717) is 39.5 Å². The second-order valence-corrected chi connectivity index (χ2v) is 10.2. The normalized spacial score (nSPS) is 14.0. The molecule has 3 rings (SSSR count). The van der Waals surface area contributed by atoms with E-state index in [1.54, 1.807) is 71.0 Å². The standard InChI is InChI=1S/C31H34F3N7O2/c1-19(12-20(2)18-42)13-24(22(4)39-27-10-8-21(3)38-30(27)31(32,33)34)9-11-28(40(6)7)25-14-29(43)41(37-15-25)26-16-35-23(5)36-17-26/h8-18,22,39H,1-7H3/b19-13-,20-12+,24-9-,28-11-/t22-/m1/s1. The second-order valence-electron chi connectivity index (χ2n) is 10.2. The van der Waals surface area contributed by atoms with Gasteiger partial charge in [-0.05, 0) is 64.0 Å². The average Bonchev–Trinajstić information content (AvgIpc) is 2.93. The van der Waals surface area contributed by atoms with E-state index in [9.17, 15) is 22.8 Å². The first-order chi connectivity index (χ1) is 20.2. The predicted molar refractivity (Wildman–Crippen MR) is 161 cm³/mol. The summed E-state index contributed by atoms with van der Waals surface area (Å²) in [7, 11) is 3.59. The molecule has 0 amide bonds. The fourth-order valence-electron chi connectivity index (χ4n) is 4.14. The molecule has 3 aromatic heterocycles. The average molecular weight is 594 g/mol. The van der Waals surface area contributed by atoms with Gasteiger partial charge in [-0.1, -0.05) is 23.8 Å². The molecule has 0 unspecified atom stereocenters. The molecular formula is C31H34F3N7O2. The zero-order chi connectivity index (χ0) is 31.9. The van der Waals surface area contributed by atoms with Gasteiger partial charge in [-0.25, -0.2) is 15.0 Å². The zero-order valence-electron chi connectivity index (χ0n) is 25.1. The number of hydrogen-bond donors (Lipinski definition) is 1. The summed E-state index contributed by atoms with van der Waals surface area (Å²) >= 11 is 0. The van der Waals surface area contributed by atoms with Crippen molar-refractivity contribution in [3.8, 4) is 5.69 Å². The van der Waals surface area contributed by atoms with Crippen molar-refractivity contribution in [2.24, 2.45) is 0 Å². The van der Waals surface area contributed by atoms with Crippen molar-refractivity contribution in [2.75, 3.05) is 19.4 Å². The molecule has 0 radical (unpaired) electrons. The van der Waals surface area contributed by atoms with Crippen LogP contribution in [0.3, 0.4) is 0 Å². The highest BCUT2D eigenvalue weighted by Crippen LogP contribution is 2.34. The van der Waals surface area contributed by atoms with Crippen molar-refractivity contribution >= 4 is 17.7 Å². The minimum absolute atomic E-state index is 0.160. The number of nitrogens with one attached hydrogen (secondary N) is 1. The maximum Gasteiger partial charge on any atom is 0.435 e. The van der Waals surface area contributed by atoms with Crippen LogP contribution >= 0.6 is 0 Å². The van der Waals surface area contributed by atoms with Gasteiger partial charge in [0.15, 0.2) is 5.69 Å². The number of alkyl halides is 3. The summed E-state index contributed by atoms with van der Waals surface area (Å²) in [5.41, 5.74) is 2.07. The summed E-state index contributed by atoms with van der Waals surface area (Å²) in [5.74, 6) is 0.562. The molecule has 0 aromatic carbocycles. The molecule has 226 valence electrons. The van der Waals surface area contributed by atoms with Crippen LogP contribution in [0, 0.1) is 13.8 Å². The van der Waals surface area contributed by atoms with E-state index in [1.165, 1.54) is 48.4 Å². The van der Waals surface area contributed by atoms with Crippen LogP contribution in [0.2, 0.25) is 0 Å². The van der Waals surface area contributed by atoms with Gasteiger partial charge in [0.2, 0.25) is 0 Å². The largest absolute Gasteiger partial charge is 0.435 e. The van der Waals surface area contributed by atoms with Crippen LogP contribution in [-0.4, -0.2) is 56.1 Å². The topological polar surface area (TPSA) is 106 Å². The Bertz CT molecular complexity index is 1650. The summed E-state index contributed by atoms with van der Waals surface area (Å²) in [4.78, 5) is 37.8. The van der Waals surface area contributed by atoms with Crippen LogP contribution < -0.4 is 10.9 Å².